The third-order valence-electron chi connectivity index (χ3n) is 3.86. The monoisotopic (exact) mass is 260 g/mol. The number of para-hydroxylation sites is 1. The normalized spacial score (nSPS) is 31.8. The lowest BCUT2D eigenvalue weighted by atomic mass is 9.74. The molecule has 2 N–H and O–H groups in total. The molecular weight excluding hydrogens is 244 g/mol. The van der Waals surface area contributed by atoms with E-state index in [1.165, 1.54) is 0 Å². The Bertz CT molecular complexity index is 557. The Kier molecular flexibility index (Phi) is 2.52. The lowest BCUT2D eigenvalue weighted by Gasteiger charge is -2.46. The van der Waals surface area contributed by atoms with Crippen LogP contribution in [0.4, 0.5) is 0 Å². The van der Waals surface area contributed by atoms with Crippen LogP contribution in [0.2, 0.25) is 0 Å². The average molecular weight is 260 g/mol. The van der Waals surface area contributed by atoms with E-state index < -0.39 is 11.6 Å². The van der Waals surface area contributed by atoms with Crippen molar-refractivity contribution < 1.29 is 14.3 Å². The summed E-state index contributed by atoms with van der Waals surface area (Å²) >= 11 is 0. The highest BCUT2D eigenvalue weighted by Gasteiger charge is 2.51. The summed E-state index contributed by atoms with van der Waals surface area (Å²) in [6, 6.07) is 7.59. The third-order valence-corrected chi connectivity index (χ3v) is 3.86. The molecule has 2 heterocycles. The molecule has 1 saturated heterocycles. The summed E-state index contributed by atoms with van der Waals surface area (Å²) in [5, 5.41) is 5.38. The van der Waals surface area contributed by atoms with Crippen LogP contribution in [0.3, 0.4) is 0 Å². The van der Waals surface area contributed by atoms with Crippen molar-refractivity contribution in [2.45, 2.75) is 25.0 Å². The first-order valence-electron chi connectivity index (χ1n) is 6.36. The molecular formula is C14H16N2O3. The molecule has 0 radical (unpaired) electrons. The Morgan fingerprint density at radius 3 is 2.95 bits per heavy atom. The number of carbonyl (C=O) groups is 2. The van der Waals surface area contributed by atoms with Gasteiger partial charge in [0.1, 0.15) is 11.7 Å². The van der Waals surface area contributed by atoms with Crippen molar-refractivity contribution in [1.82, 2.24) is 10.6 Å². The Labute approximate surface area is 111 Å². The van der Waals surface area contributed by atoms with Gasteiger partial charge in [-0.3, -0.25) is 9.59 Å². The average Bonchev–Trinajstić information content (AvgIpc) is 2.37. The van der Waals surface area contributed by atoms with Gasteiger partial charge in [0.25, 0.3) is 0 Å². The molecule has 2 aliphatic rings. The van der Waals surface area contributed by atoms with Gasteiger partial charge < -0.3 is 15.4 Å². The fourth-order valence-electron chi connectivity index (χ4n) is 3.05. The van der Waals surface area contributed by atoms with Crippen LogP contribution in [-0.2, 0) is 9.59 Å². The van der Waals surface area contributed by atoms with Crippen LogP contribution in [-0.4, -0.2) is 24.6 Å². The SMILES string of the molecule is CNC(=O)C1C(=O)N[C@@]2(C)CC1c1ccccc1O2. The van der Waals surface area contributed by atoms with Gasteiger partial charge in [0.2, 0.25) is 11.8 Å². The maximum absolute atomic E-state index is 12.2. The molecule has 2 unspecified atom stereocenters. The van der Waals surface area contributed by atoms with Gasteiger partial charge in [-0.25, -0.2) is 0 Å². The molecule has 0 aliphatic carbocycles. The number of hydrogen-bond donors (Lipinski definition) is 2. The van der Waals surface area contributed by atoms with Gasteiger partial charge in [-0.05, 0) is 18.6 Å². The summed E-state index contributed by atoms with van der Waals surface area (Å²) < 4.78 is 5.86. The Morgan fingerprint density at radius 2 is 2.21 bits per heavy atom. The maximum Gasteiger partial charge on any atom is 0.236 e. The first kappa shape index (κ1) is 12.0. The zero-order valence-corrected chi connectivity index (χ0v) is 10.9. The second-order valence-corrected chi connectivity index (χ2v) is 5.26. The van der Waals surface area contributed by atoms with E-state index in [9.17, 15) is 9.59 Å². The Balaban J connectivity index is 2.10. The molecule has 5 nitrogen and oxygen atoms in total. The summed E-state index contributed by atoms with van der Waals surface area (Å²) in [5.41, 5.74) is 0.212. The van der Waals surface area contributed by atoms with E-state index in [0.717, 1.165) is 11.3 Å². The molecule has 0 saturated carbocycles. The van der Waals surface area contributed by atoms with Crippen molar-refractivity contribution in [2.75, 3.05) is 7.05 Å². The molecule has 5 heteroatoms. The molecule has 19 heavy (non-hydrogen) atoms. The number of nitrogens with one attached hydrogen (secondary N) is 2. The minimum atomic E-state index is -0.722. The van der Waals surface area contributed by atoms with E-state index in [2.05, 4.69) is 10.6 Å². The number of amides is 2. The summed E-state index contributed by atoms with van der Waals surface area (Å²) in [7, 11) is 1.55. The zero-order valence-electron chi connectivity index (χ0n) is 10.9. The van der Waals surface area contributed by atoms with Gasteiger partial charge in [-0.2, -0.15) is 0 Å². The van der Waals surface area contributed by atoms with Gasteiger partial charge >= 0.3 is 0 Å². The first-order chi connectivity index (χ1) is 9.04. The molecule has 2 aliphatic heterocycles. The third kappa shape index (κ3) is 1.77. The summed E-state index contributed by atoms with van der Waals surface area (Å²) in [6.07, 6.45) is 0.605. The topological polar surface area (TPSA) is 67.4 Å². The number of fused-ring (bicyclic) bond motifs is 4. The van der Waals surface area contributed by atoms with Crippen molar-refractivity contribution in [3.05, 3.63) is 29.8 Å². The molecule has 3 atom stereocenters. The molecule has 3 rings (SSSR count). The minimum absolute atomic E-state index is 0.136. The van der Waals surface area contributed by atoms with Crippen LogP contribution >= 0.6 is 0 Å². The van der Waals surface area contributed by atoms with Crippen LogP contribution in [0.25, 0.3) is 0 Å². The van der Waals surface area contributed by atoms with E-state index in [0.29, 0.717) is 6.42 Å². The maximum atomic E-state index is 12.2. The zero-order chi connectivity index (χ0) is 13.6. The van der Waals surface area contributed by atoms with Crippen LogP contribution < -0.4 is 15.4 Å². The van der Waals surface area contributed by atoms with Gasteiger partial charge in [0.05, 0.1) is 0 Å². The van der Waals surface area contributed by atoms with E-state index in [1.54, 1.807) is 7.05 Å². The number of benzene rings is 1. The molecule has 1 aromatic carbocycles. The van der Waals surface area contributed by atoms with E-state index >= 15 is 0 Å². The minimum Gasteiger partial charge on any atom is -0.468 e. The summed E-state index contributed by atoms with van der Waals surface area (Å²) in [6.45, 7) is 1.84. The van der Waals surface area contributed by atoms with Gasteiger partial charge in [-0.1, -0.05) is 18.2 Å². The summed E-state index contributed by atoms with van der Waals surface area (Å²) in [4.78, 5) is 24.2. The van der Waals surface area contributed by atoms with Crippen LogP contribution in [0.15, 0.2) is 24.3 Å². The van der Waals surface area contributed by atoms with Crippen molar-refractivity contribution in [3.63, 3.8) is 0 Å². The highest BCUT2D eigenvalue weighted by molar-refractivity contribution is 6.02. The lowest BCUT2D eigenvalue weighted by molar-refractivity contribution is -0.146. The smallest absolute Gasteiger partial charge is 0.236 e. The number of ether oxygens (including phenoxy) is 1. The number of carbonyl (C=O) groups excluding carboxylic acids is 2. The predicted molar refractivity (Wildman–Crippen MR) is 68.5 cm³/mol. The van der Waals surface area contributed by atoms with Crippen LogP contribution in [0, 0.1) is 5.92 Å². The molecule has 2 amide bonds. The lowest BCUT2D eigenvalue weighted by Crippen LogP contribution is -2.62. The highest BCUT2D eigenvalue weighted by Crippen LogP contribution is 2.46. The fraction of sp³-hybridized carbons (Fsp3) is 0.429. The number of piperidine rings is 1. The Morgan fingerprint density at radius 1 is 1.47 bits per heavy atom. The van der Waals surface area contributed by atoms with Crippen molar-refractivity contribution in [3.8, 4) is 5.75 Å². The molecule has 2 bridgehead atoms. The number of rotatable bonds is 1. The predicted octanol–water partition coefficient (Wildman–Crippen LogP) is 0.761. The Hall–Kier alpha value is -2.04. The molecule has 1 aromatic rings. The van der Waals surface area contributed by atoms with E-state index in [1.807, 2.05) is 31.2 Å². The first-order valence-corrected chi connectivity index (χ1v) is 6.36. The van der Waals surface area contributed by atoms with Crippen LogP contribution in [0.5, 0.6) is 5.75 Å². The van der Waals surface area contributed by atoms with Gasteiger partial charge in [0, 0.05) is 19.4 Å². The van der Waals surface area contributed by atoms with E-state index in [4.69, 9.17) is 4.74 Å². The number of hydrogen-bond acceptors (Lipinski definition) is 3. The molecule has 0 spiro atoms. The molecule has 1 fully saturated rings. The van der Waals surface area contributed by atoms with E-state index in [-0.39, 0.29) is 17.7 Å². The largest absolute Gasteiger partial charge is 0.468 e. The van der Waals surface area contributed by atoms with Crippen LogP contribution in [0.1, 0.15) is 24.8 Å². The van der Waals surface area contributed by atoms with Gasteiger partial charge in [0.15, 0.2) is 5.72 Å². The van der Waals surface area contributed by atoms with Crippen molar-refractivity contribution in [2.24, 2.45) is 5.92 Å². The summed E-state index contributed by atoms with van der Waals surface area (Å²) in [5.74, 6) is -0.601. The second-order valence-electron chi connectivity index (χ2n) is 5.26. The van der Waals surface area contributed by atoms with Crippen molar-refractivity contribution >= 4 is 11.8 Å². The van der Waals surface area contributed by atoms with Gasteiger partial charge in [-0.15, -0.1) is 0 Å². The standard InChI is InChI=1S/C14H16N2O3/c1-14-7-9(8-5-3-4-6-10(8)19-14)11(12(17)15-2)13(18)16-14/h3-6,9,11H,7H2,1-2H3,(H,15,17)(H,16,18)/t9?,11?,14-/m1/s1. The molecule has 0 aromatic heterocycles. The quantitative estimate of drug-likeness (QED) is 0.733. The molecule has 100 valence electrons. The highest BCUT2D eigenvalue weighted by atomic mass is 16.5. The van der Waals surface area contributed by atoms with Crippen molar-refractivity contribution in [1.29, 1.82) is 0 Å². The second kappa shape index (κ2) is 3.98. The fourth-order valence-corrected chi connectivity index (χ4v) is 3.05.